The van der Waals surface area contributed by atoms with E-state index in [4.69, 9.17) is 0 Å². The largest absolute Gasteiger partial charge is 0.416 e. The molecule has 0 heterocycles. The first-order valence-electron chi connectivity index (χ1n) is 6.31. The Morgan fingerprint density at radius 1 is 1.17 bits per heavy atom. The molecule has 0 bridgehead atoms. The molecule has 0 aliphatic heterocycles. The quantitative estimate of drug-likeness (QED) is 0.813. The van der Waals surface area contributed by atoms with Crippen molar-refractivity contribution in [1.29, 1.82) is 0 Å². The van der Waals surface area contributed by atoms with Gasteiger partial charge in [0.1, 0.15) is 0 Å². The fourth-order valence-electron chi connectivity index (χ4n) is 2.13. The number of hydrogen-bond donors (Lipinski definition) is 1. The lowest BCUT2D eigenvalue weighted by Crippen LogP contribution is -2.25. The number of alkyl halides is 3. The summed E-state index contributed by atoms with van der Waals surface area (Å²) in [7, 11) is 1.86. The zero-order valence-electron chi connectivity index (χ0n) is 10.8. The van der Waals surface area contributed by atoms with Gasteiger partial charge in [-0.25, -0.2) is 0 Å². The van der Waals surface area contributed by atoms with Crippen LogP contribution in [0.15, 0.2) is 24.3 Å². The summed E-state index contributed by atoms with van der Waals surface area (Å²) in [5.74, 6) is 0. The fraction of sp³-hybridized carbons (Fsp3) is 0.571. The smallest absolute Gasteiger partial charge is 0.317 e. The van der Waals surface area contributed by atoms with Crippen molar-refractivity contribution in [3.8, 4) is 0 Å². The highest BCUT2D eigenvalue weighted by Crippen LogP contribution is 2.32. The van der Waals surface area contributed by atoms with Crippen molar-refractivity contribution in [2.45, 2.75) is 44.8 Å². The van der Waals surface area contributed by atoms with E-state index in [2.05, 4.69) is 12.2 Å². The van der Waals surface area contributed by atoms with Crippen molar-refractivity contribution in [2.24, 2.45) is 0 Å². The molecule has 0 aromatic heterocycles. The van der Waals surface area contributed by atoms with E-state index >= 15 is 0 Å². The van der Waals surface area contributed by atoms with E-state index in [-0.39, 0.29) is 6.04 Å². The highest BCUT2D eigenvalue weighted by Gasteiger charge is 2.32. The maximum absolute atomic E-state index is 12.8. The third-order valence-electron chi connectivity index (χ3n) is 3.13. The van der Waals surface area contributed by atoms with Gasteiger partial charge in [-0.1, -0.05) is 31.5 Å². The van der Waals surface area contributed by atoms with Gasteiger partial charge in [0.05, 0.1) is 5.56 Å². The SMILES string of the molecule is CCCC(CCc1ccccc1C(F)(F)F)NC. The molecule has 1 atom stereocenters. The van der Waals surface area contributed by atoms with E-state index in [9.17, 15) is 13.2 Å². The number of rotatable bonds is 6. The van der Waals surface area contributed by atoms with Crippen LogP contribution in [0.25, 0.3) is 0 Å². The Balaban J connectivity index is 2.73. The molecule has 102 valence electrons. The summed E-state index contributed by atoms with van der Waals surface area (Å²) in [5.41, 5.74) is -0.113. The molecule has 1 N–H and O–H groups in total. The topological polar surface area (TPSA) is 12.0 Å². The molecule has 0 amide bonds. The molecular formula is C14H20F3N. The van der Waals surface area contributed by atoms with Crippen LogP contribution in [0, 0.1) is 0 Å². The van der Waals surface area contributed by atoms with Crippen LogP contribution in [0.4, 0.5) is 13.2 Å². The first-order valence-corrected chi connectivity index (χ1v) is 6.31. The normalized spacial score (nSPS) is 13.6. The monoisotopic (exact) mass is 259 g/mol. The summed E-state index contributed by atoms with van der Waals surface area (Å²) in [6.45, 7) is 2.08. The van der Waals surface area contributed by atoms with Crippen molar-refractivity contribution in [2.75, 3.05) is 7.05 Å². The average molecular weight is 259 g/mol. The van der Waals surface area contributed by atoms with Crippen molar-refractivity contribution >= 4 is 0 Å². The fourth-order valence-corrected chi connectivity index (χ4v) is 2.13. The Kier molecular flexibility index (Phi) is 5.66. The molecule has 0 saturated carbocycles. The number of benzene rings is 1. The Bertz CT molecular complexity index is 360. The van der Waals surface area contributed by atoms with E-state index in [1.807, 2.05) is 7.05 Å². The predicted octanol–water partition coefficient (Wildman–Crippen LogP) is 4.03. The van der Waals surface area contributed by atoms with Crippen molar-refractivity contribution < 1.29 is 13.2 Å². The van der Waals surface area contributed by atoms with E-state index in [0.717, 1.165) is 25.3 Å². The molecule has 1 aromatic carbocycles. The van der Waals surface area contributed by atoms with Gasteiger partial charge < -0.3 is 5.32 Å². The molecule has 0 saturated heterocycles. The number of aryl methyl sites for hydroxylation is 1. The summed E-state index contributed by atoms with van der Waals surface area (Å²) < 4.78 is 38.4. The van der Waals surface area contributed by atoms with Crippen LogP contribution in [0.1, 0.15) is 37.3 Å². The molecule has 1 rings (SSSR count). The van der Waals surface area contributed by atoms with Gasteiger partial charge in [0, 0.05) is 6.04 Å². The second-order valence-electron chi connectivity index (χ2n) is 4.47. The molecule has 0 radical (unpaired) electrons. The van der Waals surface area contributed by atoms with Gasteiger partial charge in [-0.2, -0.15) is 13.2 Å². The second-order valence-corrected chi connectivity index (χ2v) is 4.47. The third kappa shape index (κ3) is 4.33. The number of halogens is 3. The Hall–Kier alpha value is -1.03. The summed E-state index contributed by atoms with van der Waals surface area (Å²) in [5, 5.41) is 3.15. The van der Waals surface area contributed by atoms with Crippen LogP contribution >= 0.6 is 0 Å². The molecule has 0 aliphatic rings. The van der Waals surface area contributed by atoms with Crippen LogP contribution in [0.5, 0.6) is 0 Å². The zero-order chi connectivity index (χ0) is 13.6. The lowest BCUT2D eigenvalue weighted by Gasteiger charge is -2.17. The van der Waals surface area contributed by atoms with Crippen LogP contribution in [-0.4, -0.2) is 13.1 Å². The minimum Gasteiger partial charge on any atom is -0.317 e. The van der Waals surface area contributed by atoms with Crippen LogP contribution in [0.3, 0.4) is 0 Å². The van der Waals surface area contributed by atoms with Gasteiger partial charge in [0.25, 0.3) is 0 Å². The minimum absolute atomic E-state index is 0.288. The Morgan fingerprint density at radius 2 is 1.83 bits per heavy atom. The molecule has 0 spiro atoms. The van der Waals surface area contributed by atoms with Crippen LogP contribution < -0.4 is 5.32 Å². The highest BCUT2D eigenvalue weighted by atomic mass is 19.4. The summed E-state index contributed by atoms with van der Waals surface area (Å²) in [6.07, 6.45) is -1.04. The van der Waals surface area contributed by atoms with E-state index in [1.54, 1.807) is 12.1 Å². The molecule has 1 aromatic rings. The Labute approximate surface area is 106 Å². The molecule has 1 unspecified atom stereocenters. The number of hydrogen-bond acceptors (Lipinski definition) is 1. The maximum atomic E-state index is 12.8. The lowest BCUT2D eigenvalue weighted by molar-refractivity contribution is -0.138. The third-order valence-corrected chi connectivity index (χ3v) is 3.13. The molecule has 0 aliphatic carbocycles. The van der Waals surface area contributed by atoms with Crippen molar-refractivity contribution in [3.05, 3.63) is 35.4 Å². The highest BCUT2D eigenvalue weighted by molar-refractivity contribution is 5.29. The van der Waals surface area contributed by atoms with Crippen LogP contribution in [0.2, 0.25) is 0 Å². The number of nitrogens with one attached hydrogen (secondary N) is 1. The van der Waals surface area contributed by atoms with Gasteiger partial charge in [0.2, 0.25) is 0 Å². The van der Waals surface area contributed by atoms with Crippen molar-refractivity contribution in [1.82, 2.24) is 5.32 Å². The standard InChI is InChI=1S/C14H20F3N/c1-3-6-12(18-2)10-9-11-7-4-5-8-13(11)14(15,16)17/h4-5,7-8,12,18H,3,6,9-10H2,1-2H3. The predicted molar refractivity (Wildman–Crippen MR) is 67.5 cm³/mol. The molecule has 18 heavy (non-hydrogen) atoms. The first kappa shape index (κ1) is 15.0. The molecule has 1 nitrogen and oxygen atoms in total. The van der Waals surface area contributed by atoms with Crippen molar-refractivity contribution in [3.63, 3.8) is 0 Å². The van der Waals surface area contributed by atoms with E-state index in [1.165, 1.54) is 6.07 Å². The molecular weight excluding hydrogens is 239 g/mol. The summed E-state index contributed by atoms with van der Waals surface area (Å²) >= 11 is 0. The van der Waals surface area contributed by atoms with Gasteiger partial charge in [-0.15, -0.1) is 0 Å². The zero-order valence-corrected chi connectivity index (χ0v) is 10.8. The van der Waals surface area contributed by atoms with E-state index < -0.39 is 11.7 Å². The first-order chi connectivity index (χ1) is 8.49. The second kappa shape index (κ2) is 6.78. The van der Waals surface area contributed by atoms with Crippen LogP contribution in [-0.2, 0) is 12.6 Å². The molecule has 0 fully saturated rings. The minimum atomic E-state index is -4.25. The Morgan fingerprint density at radius 3 is 2.39 bits per heavy atom. The van der Waals surface area contributed by atoms with Gasteiger partial charge in [-0.3, -0.25) is 0 Å². The maximum Gasteiger partial charge on any atom is 0.416 e. The summed E-state index contributed by atoms with van der Waals surface area (Å²) in [6, 6.07) is 6.12. The van der Waals surface area contributed by atoms with Gasteiger partial charge >= 0.3 is 6.18 Å². The lowest BCUT2D eigenvalue weighted by atomic mass is 9.98. The molecule has 4 heteroatoms. The van der Waals surface area contributed by atoms with Gasteiger partial charge in [0.15, 0.2) is 0 Å². The van der Waals surface area contributed by atoms with E-state index in [0.29, 0.717) is 12.0 Å². The van der Waals surface area contributed by atoms with Gasteiger partial charge in [-0.05, 0) is 37.9 Å². The average Bonchev–Trinajstić information content (AvgIpc) is 2.33. The summed E-state index contributed by atoms with van der Waals surface area (Å²) in [4.78, 5) is 0.